The highest BCUT2D eigenvalue weighted by molar-refractivity contribution is 5.81. The maximum atomic E-state index is 14.1. The summed E-state index contributed by atoms with van der Waals surface area (Å²) in [4.78, 5) is 131. The molecule has 0 aliphatic carbocycles. The van der Waals surface area contributed by atoms with Crippen molar-refractivity contribution in [1.82, 2.24) is 36.8 Å². The first kappa shape index (κ1) is 111. The first-order valence-electron chi connectivity index (χ1n) is 44.1. The van der Waals surface area contributed by atoms with Crippen molar-refractivity contribution in [1.29, 1.82) is 5.26 Å². The normalized spacial score (nSPS) is 23.5. The number of rotatable bonds is 73. The monoisotopic (exact) mass is 1770 g/mol. The van der Waals surface area contributed by atoms with E-state index < -0.39 is 141 Å². The van der Waals surface area contributed by atoms with Crippen molar-refractivity contribution < 1.29 is 151 Å². The van der Waals surface area contributed by atoms with Gasteiger partial charge in [-0.3, -0.25) is 52.8 Å². The third-order valence-corrected chi connectivity index (χ3v) is 21.0. The topological polar surface area (TPSA) is 574 Å². The van der Waals surface area contributed by atoms with Crippen molar-refractivity contribution >= 4 is 58.6 Å². The molecule has 0 saturated carbocycles. The molecule has 3 rings (SSSR count). The molecule has 0 aromatic heterocycles. The molecule has 0 spiro atoms. The van der Waals surface area contributed by atoms with Crippen molar-refractivity contribution in [2.75, 3.05) is 112 Å². The highest BCUT2D eigenvalue weighted by atomic mass is 16.7. The lowest BCUT2D eigenvalue weighted by atomic mass is 9.97. The number of aliphatic hydroxyl groups excluding tert-OH is 10. The number of aliphatic hydroxyl groups is 10. The number of carbonyl (C=O) groups excluding carboxylic acids is 10. The number of ether oxygens (including phenoxy) is 11. The predicted molar refractivity (Wildman–Crippen MR) is 441 cm³/mol. The van der Waals surface area contributed by atoms with Gasteiger partial charge >= 0.3 is 0 Å². The number of nitriles is 1. The van der Waals surface area contributed by atoms with Crippen LogP contribution in [0.25, 0.3) is 0 Å². The van der Waals surface area contributed by atoms with Gasteiger partial charge in [0.1, 0.15) is 102 Å². The summed E-state index contributed by atoms with van der Waals surface area (Å²) in [6, 6.07) is 0.215. The quantitative estimate of drug-likeness (QED) is 0.0288. The highest BCUT2D eigenvalue weighted by Gasteiger charge is 2.48. The maximum Gasteiger partial charge on any atom is 0.222 e. The zero-order valence-corrected chi connectivity index (χ0v) is 73.3. The van der Waals surface area contributed by atoms with Crippen LogP contribution < -0.4 is 31.9 Å². The molecule has 3 saturated heterocycles. The average Bonchev–Trinajstić information content (AvgIpc) is 0.793. The minimum atomic E-state index is -1.58. The summed E-state index contributed by atoms with van der Waals surface area (Å²) >= 11 is 0. The molecule has 3 aliphatic rings. The van der Waals surface area contributed by atoms with Gasteiger partial charge in [0.05, 0.1) is 85.2 Å². The Labute approximate surface area is 723 Å². The fourth-order valence-corrected chi connectivity index (χ4v) is 14.1. The molecule has 0 bridgehead atoms. The largest absolute Gasteiger partial charge is 0.394 e. The van der Waals surface area contributed by atoms with E-state index in [0.29, 0.717) is 116 Å². The molecule has 16 unspecified atom stereocenters. The highest BCUT2D eigenvalue weighted by Crippen LogP contribution is 2.27. The Kier molecular flexibility index (Phi) is 59.4. The van der Waals surface area contributed by atoms with Crippen molar-refractivity contribution in [3.05, 3.63) is 0 Å². The van der Waals surface area contributed by atoms with Crippen LogP contribution in [0.1, 0.15) is 241 Å². The van der Waals surface area contributed by atoms with Crippen LogP contribution >= 0.6 is 0 Å². The Bertz CT molecular complexity index is 2920. The van der Waals surface area contributed by atoms with Crippen LogP contribution in [0.4, 0.5) is 0 Å². The molecule has 3 fully saturated rings. The smallest absolute Gasteiger partial charge is 0.222 e. The molecule has 16 atom stereocenters. The molecule has 123 heavy (non-hydrogen) atoms. The third-order valence-electron chi connectivity index (χ3n) is 21.0. The van der Waals surface area contributed by atoms with E-state index in [4.69, 9.17) is 57.4 Å². The van der Waals surface area contributed by atoms with Gasteiger partial charge in [-0.25, -0.2) is 0 Å². The molecule has 39 nitrogen and oxygen atoms in total. The second-order valence-electron chi connectivity index (χ2n) is 32.3. The molecule has 3 heterocycles. The Morgan fingerprint density at radius 3 is 1.15 bits per heavy atom. The van der Waals surface area contributed by atoms with Gasteiger partial charge in [0, 0.05) is 142 Å². The lowest BCUT2D eigenvalue weighted by Gasteiger charge is -2.42. The molecule has 16 N–H and O–H groups in total. The second-order valence-corrected chi connectivity index (χ2v) is 32.3. The van der Waals surface area contributed by atoms with E-state index in [-0.39, 0.29) is 209 Å². The fraction of sp³-hybridized carbons (Fsp3) is 0.869. The van der Waals surface area contributed by atoms with E-state index in [0.717, 1.165) is 19.3 Å². The van der Waals surface area contributed by atoms with Gasteiger partial charge in [0.2, 0.25) is 41.9 Å². The Morgan fingerprint density at radius 1 is 0.374 bits per heavy atom. The van der Waals surface area contributed by atoms with E-state index in [1.165, 1.54) is 13.8 Å². The number of hydrogen-bond donors (Lipinski definition) is 16. The maximum absolute atomic E-state index is 14.1. The predicted octanol–water partition coefficient (Wildman–Crippen LogP) is 0.306. The molecular weight excluding hydrogens is 1620 g/mol. The molecule has 0 aromatic carbocycles. The standard InChI is InChI=1S/C84H148N8O31/c1-56(2)92(57(3)4)83(120-46-24-38-85)119-45-19-8-7-18-39-86-68(103)33-23-34-70(105)91-84(55-115-49-37-69(104)88-41-25-40-87-67(102)32-17-22-44-118-82-79(112)78(111)75(108)66(52-95)123-82,53-113-47-35-62(100)28-13-9-11-26-60(98)30-15-20-42-116-80-71(89-58(5)96)76(109)73(106)64(50-93)121-80)54-114-48-36-63(101)29-14-10-12-27-61(99)31-16-21-43-117-81-72(90-59(6)97)77(110)74(107)65(51-94)122-81/h56-57,64-66,71-83,93-95,106-112H,7-37,39-55H2,1-6H3,(H,86,103)(H,87,102)(H,88,104)(H,89,96)(H,90,97)(H,91,105). The van der Waals surface area contributed by atoms with Gasteiger partial charge in [-0.1, -0.05) is 25.7 Å². The van der Waals surface area contributed by atoms with E-state index in [1.54, 1.807) is 0 Å². The number of ketones is 4. The number of carbonyl (C=O) groups is 10. The lowest BCUT2D eigenvalue weighted by molar-refractivity contribution is -0.301. The summed E-state index contributed by atoms with van der Waals surface area (Å²) < 4.78 is 64.0. The number of amides is 6. The molecule has 710 valence electrons. The Balaban J connectivity index is 1.62. The lowest BCUT2D eigenvalue weighted by Crippen LogP contribution is -2.64. The number of nitrogens with one attached hydrogen (secondary N) is 6. The molecule has 39 heteroatoms. The van der Waals surface area contributed by atoms with E-state index in [9.17, 15) is 99.0 Å². The van der Waals surface area contributed by atoms with Crippen LogP contribution in [0.15, 0.2) is 0 Å². The Morgan fingerprint density at radius 2 is 0.715 bits per heavy atom. The summed E-state index contributed by atoms with van der Waals surface area (Å²) in [6.45, 7) is 9.66. The first-order chi connectivity index (χ1) is 58.9. The van der Waals surface area contributed by atoms with Crippen molar-refractivity contribution in [3.8, 4) is 6.07 Å². The van der Waals surface area contributed by atoms with Gasteiger partial charge in [-0.05, 0) is 118 Å². The van der Waals surface area contributed by atoms with Crippen LogP contribution in [-0.4, -0.2) is 343 Å². The van der Waals surface area contributed by atoms with Gasteiger partial charge in [0.15, 0.2) is 18.9 Å². The number of nitrogens with zero attached hydrogens (tertiary/aromatic N) is 2. The van der Waals surface area contributed by atoms with Crippen LogP contribution in [0.2, 0.25) is 0 Å². The molecule has 0 aromatic rings. The fourth-order valence-electron chi connectivity index (χ4n) is 14.1. The second kappa shape index (κ2) is 65.6. The van der Waals surface area contributed by atoms with Gasteiger partial charge in [-0.2, -0.15) is 5.26 Å². The van der Waals surface area contributed by atoms with Crippen molar-refractivity contribution in [3.63, 3.8) is 0 Å². The number of Topliss-reactive ketones (excluding diaryl/α,β-unsaturated/α-hetero) is 4. The SMILES string of the molecule is CC(=O)NC1C(OCCCCC(=O)CCCCCC(=O)CCOCC(COCCC(=O)CCCCCC(=O)CCCCOC2OC(CO)C(O)C(O)C2NC(C)=O)(COCCC(=O)NCCCNC(=O)CCCCOC2OC(CO)C(O)C(O)C2O)NC(=O)CCCC(=O)NCCCCCCOC(OCCC#N)N(C(C)C)C(C)C)OC(CO)C(O)C1O. The zero-order valence-electron chi connectivity index (χ0n) is 73.3. The summed E-state index contributed by atoms with van der Waals surface area (Å²) in [7, 11) is 0. The van der Waals surface area contributed by atoms with Gasteiger partial charge < -0.3 is 135 Å². The van der Waals surface area contributed by atoms with Gasteiger partial charge in [0.25, 0.3) is 0 Å². The summed E-state index contributed by atoms with van der Waals surface area (Å²) in [6.07, 6.45) is -6.78. The molecule has 6 amide bonds. The number of unbranched alkanes of at least 4 members (excludes halogenated alkanes) is 10. The molecular formula is C84H148N8O31. The van der Waals surface area contributed by atoms with E-state index in [2.05, 4.69) is 70.6 Å². The minimum absolute atomic E-state index is 0.00685. The van der Waals surface area contributed by atoms with Crippen molar-refractivity contribution in [2.24, 2.45) is 0 Å². The van der Waals surface area contributed by atoms with Crippen molar-refractivity contribution in [2.45, 2.75) is 357 Å². The van der Waals surface area contributed by atoms with E-state index >= 15 is 0 Å². The van der Waals surface area contributed by atoms with Gasteiger partial charge in [-0.15, -0.1) is 0 Å². The Hall–Kier alpha value is -5.89. The average molecular weight is 1770 g/mol. The minimum Gasteiger partial charge on any atom is -0.394 e. The summed E-state index contributed by atoms with van der Waals surface area (Å²) in [5, 5.41) is 126. The zero-order chi connectivity index (χ0) is 90.9. The third kappa shape index (κ3) is 47.1. The molecule has 0 radical (unpaired) electrons. The number of hydrogen-bond acceptors (Lipinski definition) is 33. The van der Waals surface area contributed by atoms with E-state index in [1.807, 2.05) is 0 Å². The van der Waals surface area contributed by atoms with Crippen LogP contribution in [0.5, 0.6) is 0 Å². The van der Waals surface area contributed by atoms with Crippen LogP contribution in [0, 0.1) is 11.3 Å². The molecule has 3 aliphatic heterocycles. The summed E-state index contributed by atoms with van der Waals surface area (Å²) in [5.74, 6) is -2.55. The van der Waals surface area contributed by atoms with Crippen LogP contribution in [0.3, 0.4) is 0 Å². The first-order valence-corrected chi connectivity index (χ1v) is 44.1. The van der Waals surface area contributed by atoms with Crippen LogP contribution in [-0.2, 0) is 100 Å². The summed E-state index contributed by atoms with van der Waals surface area (Å²) in [5.41, 5.74) is -1.47.